The number of nitro groups is 1. The molecule has 9 nitrogen and oxygen atoms in total. The number of rotatable bonds is 5. The van der Waals surface area contributed by atoms with Crippen molar-refractivity contribution < 1.29 is 9.72 Å². The molecule has 0 saturated carbocycles. The van der Waals surface area contributed by atoms with Crippen LogP contribution in [0, 0.1) is 10.1 Å². The lowest BCUT2D eigenvalue weighted by molar-refractivity contribution is -0.383. The first-order valence-corrected chi connectivity index (χ1v) is 5.12. The van der Waals surface area contributed by atoms with Gasteiger partial charge in [0.1, 0.15) is 6.33 Å². The number of hydrogen-bond donors (Lipinski definition) is 2. The van der Waals surface area contributed by atoms with Crippen molar-refractivity contribution in [3.63, 3.8) is 0 Å². The molecule has 1 rings (SSSR count). The van der Waals surface area contributed by atoms with E-state index in [-0.39, 0.29) is 36.2 Å². The lowest BCUT2D eigenvalue weighted by Gasteiger charge is -2.10. The fraction of sp³-hybridized carbons (Fsp3) is 0.444. The van der Waals surface area contributed by atoms with Gasteiger partial charge in [0.05, 0.1) is 4.92 Å². The van der Waals surface area contributed by atoms with Gasteiger partial charge in [0.25, 0.3) is 0 Å². The summed E-state index contributed by atoms with van der Waals surface area (Å²) in [5.41, 5.74) is 5.01. The van der Waals surface area contributed by atoms with E-state index in [4.69, 9.17) is 5.73 Å². The molecule has 0 aliphatic heterocycles. The molecular formula is C9H14N6O3. The molecule has 0 aliphatic carbocycles. The molecule has 0 saturated heterocycles. The Morgan fingerprint density at radius 3 is 2.78 bits per heavy atom. The van der Waals surface area contributed by atoms with E-state index < -0.39 is 4.92 Å². The molecule has 0 aromatic carbocycles. The van der Waals surface area contributed by atoms with Crippen molar-refractivity contribution in [2.24, 2.45) is 0 Å². The van der Waals surface area contributed by atoms with Gasteiger partial charge in [-0.25, -0.2) is 9.97 Å². The molecule has 1 aromatic heterocycles. The molecule has 98 valence electrons. The second-order valence-electron chi connectivity index (χ2n) is 3.68. The standard InChI is InChI=1S/C9H14N6O3/c1-14(2)6(16)3-4-11-9-7(15(17)18)8(10)12-5-13-9/h5H,3-4H2,1-2H3,(H3,10,11,12,13). The summed E-state index contributed by atoms with van der Waals surface area (Å²) < 4.78 is 0. The third-order valence-corrected chi connectivity index (χ3v) is 2.16. The van der Waals surface area contributed by atoms with Crippen LogP contribution in [0.2, 0.25) is 0 Å². The van der Waals surface area contributed by atoms with Gasteiger partial charge in [0.2, 0.25) is 17.5 Å². The van der Waals surface area contributed by atoms with Gasteiger partial charge in [0, 0.05) is 27.1 Å². The number of hydrogen-bond acceptors (Lipinski definition) is 7. The van der Waals surface area contributed by atoms with Crippen LogP contribution in [-0.4, -0.2) is 46.3 Å². The first-order chi connectivity index (χ1) is 8.43. The molecule has 3 N–H and O–H groups in total. The average Bonchev–Trinajstić information content (AvgIpc) is 2.28. The molecule has 0 unspecified atom stereocenters. The summed E-state index contributed by atoms with van der Waals surface area (Å²) in [7, 11) is 3.26. The van der Waals surface area contributed by atoms with Crippen LogP contribution >= 0.6 is 0 Å². The molecule has 1 aromatic rings. The normalized spacial score (nSPS) is 9.89. The van der Waals surface area contributed by atoms with E-state index in [1.165, 1.54) is 4.90 Å². The van der Waals surface area contributed by atoms with Gasteiger partial charge in [-0.3, -0.25) is 14.9 Å². The van der Waals surface area contributed by atoms with Crippen molar-refractivity contribution in [1.82, 2.24) is 14.9 Å². The number of nitrogens with two attached hydrogens (primary N) is 1. The van der Waals surface area contributed by atoms with Gasteiger partial charge < -0.3 is 16.0 Å². The Morgan fingerprint density at radius 1 is 1.56 bits per heavy atom. The maximum atomic E-state index is 11.3. The monoisotopic (exact) mass is 254 g/mol. The number of carbonyl (C=O) groups is 1. The zero-order valence-electron chi connectivity index (χ0n) is 10.1. The molecule has 0 spiro atoms. The smallest absolute Gasteiger partial charge is 0.352 e. The molecular weight excluding hydrogens is 240 g/mol. The minimum Gasteiger partial charge on any atom is -0.378 e. The molecule has 0 fully saturated rings. The molecule has 9 heteroatoms. The average molecular weight is 254 g/mol. The number of nitrogen functional groups attached to an aromatic ring is 1. The maximum Gasteiger partial charge on any atom is 0.352 e. The van der Waals surface area contributed by atoms with Crippen molar-refractivity contribution in [2.45, 2.75) is 6.42 Å². The van der Waals surface area contributed by atoms with Crippen LogP contribution in [0.5, 0.6) is 0 Å². The van der Waals surface area contributed by atoms with Crippen LogP contribution in [-0.2, 0) is 4.79 Å². The van der Waals surface area contributed by atoms with Crippen LogP contribution in [0.15, 0.2) is 6.33 Å². The number of aromatic nitrogens is 2. The lowest BCUT2D eigenvalue weighted by atomic mass is 10.3. The summed E-state index contributed by atoms with van der Waals surface area (Å²) in [5.74, 6) is -0.289. The van der Waals surface area contributed by atoms with Gasteiger partial charge in [-0.1, -0.05) is 0 Å². The highest BCUT2D eigenvalue weighted by Gasteiger charge is 2.20. The molecule has 0 radical (unpaired) electrons. The van der Waals surface area contributed by atoms with Crippen molar-refractivity contribution in [1.29, 1.82) is 0 Å². The van der Waals surface area contributed by atoms with Gasteiger partial charge in [-0.2, -0.15) is 0 Å². The van der Waals surface area contributed by atoms with Crippen molar-refractivity contribution >= 4 is 23.2 Å². The first-order valence-electron chi connectivity index (χ1n) is 5.12. The van der Waals surface area contributed by atoms with Crippen LogP contribution < -0.4 is 11.1 Å². The zero-order valence-corrected chi connectivity index (χ0v) is 10.1. The summed E-state index contributed by atoms with van der Waals surface area (Å²) in [6, 6.07) is 0. The first kappa shape index (κ1) is 13.6. The Kier molecular flexibility index (Phi) is 4.35. The second-order valence-corrected chi connectivity index (χ2v) is 3.68. The van der Waals surface area contributed by atoms with Crippen LogP contribution in [0.1, 0.15) is 6.42 Å². The molecule has 1 heterocycles. The molecule has 1 amide bonds. The number of carbonyl (C=O) groups excluding carboxylic acids is 1. The van der Waals surface area contributed by atoms with Gasteiger partial charge in [-0.15, -0.1) is 0 Å². The minimum absolute atomic E-state index is 0.0130. The Morgan fingerprint density at radius 2 is 2.22 bits per heavy atom. The van der Waals surface area contributed by atoms with E-state index in [0.29, 0.717) is 0 Å². The van der Waals surface area contributed by atoms with Crippen LogP contribution in [0.25, 0.3) is 0 Å². The molecule has 0 atom stereocenters. The summed E-state index contributed by atoms with van der Waals surface area (Å²) in [6.07, 6.45) is 1.33. The SMILES string of the molecule is CN(C)C(=O)CCNc1ncnc(N)c1[N+](=O)[O-]. The predicted octanol–water partition coefficient (Wildman–Crippen LogP) is -0.143. The van der Waals surface area contributed by atoms with Crippen LogP contribution in [0.3, 0.4) is 0 Å². The summed E-state index contributed by atoms with van der Waals surface area (Å²) in [4.78, 5) is 30.1. The van der Waals surface area contributed by atoms with E-state index in [0.717, 1.165) is 6.33 Å². The second kappa shape index (κ2) is 5.75. The van der Waals surface area contributed by atoms with E-state index in [9.17, 15) is 14.9 Å². The number of amides is 1. The fourth-order valence-corrected chi connectivity index (χ4v) is 1.21. The summed E-state index contributed by atoms with van der Waals surface area (Å²) >= 11 is 0. The van der Waals surface area contributed by atoms with Crippen molar-refractivity contribution in [3.8, 4) is 0 Å². The van der Waals surface area contributed by atoms with E-state index in [1.54, 1.807) is 14.1 Å². The van der Waals surface area contributed by atoms with Crippen LogP contribution in [0.4, 0.5) is 17.3 Å². The topological polar surface area (TPSA) is 127 Å². The predicted molar refractivity (Wildman–Crippen MR) is 64.9 cm³/mol. The lowest BCUT2D eigenvalue weighted by Crippen LogP contribution is -2.24. The Balaban J connectivity index is 2.71. The highest BCUT2D eigenvalue weighted by Crippen LogP contribution is 2.25. The molecule has 0 bridgehead atoms. The number of nitrogens with zero attached hydrogens (tertiary/aromatic N) is 4. The number of anilines is 2. The van der Waals surface area contributed by atoms with E-state index >= 15 is 0 Å². The number of nitrogens with one attached hydrogen (secondary N) is 1. The third-order valence-electron chi connectivity index (χ3n) is 2.16. The van der Waals surface area contributed by atoms with Gasteiger partial charge >= 0.3 is 5.69 Å². The quantitative estimate of drug-likeness (QED) is 0.552. The zero-order chi connectivity index (χ0) is 13.7. The minimum atomic E-state index is -0.661. The van der Waals surface area contributed by atoms with E-state index in [1.807, 2.05) is 0 Å². The molecule has 0 aliphatic rings. The molecule has 18 heavy (non-hydrogen) atoms. The van der Waals surface area contributed by atoms with Crippen molar-refractivity contribution in [3.05, 3.63) is 16.4 Å². The Labute approximate surface area is 103 Å². The maximum absolute atomic E-state index is 11.3. The van der Waals surface area contributed by atoms with E-state index in [2.05, 4.69) is 15.3 Å². The summed E-state index contributed by atoms with van der Waals surface area (Å²) in [6.45, 7) is 0.230. The van der Waals surface area contributed by atoms with Gasteiger partial charge in [0.15, 0.2) is 0 Å². The fourth-order valence-electron chi connectivity index (χ4n) is 1.21. The highest BCUT2D eigenvalue weighted by molar-refractivity contribution is 5.76. The Bertz CT molecular complexity index is 462. The largest absolute Gasteiger partial charge is 0.378 e. The van der Waals surface area contributed by atoms with Crippen molar-refractivity contribution in [2.75, 3.05) is 31.7 Å². The highest BCUT2D eigenvalue weighted by atomic mass is 16.6. The third kappa shape index (κ3) is 3.27. The Hall–Kier alpha value is -2.45. The summed E-state index contributed by atoms with van der Waals surface area (Å²) in [5, 5.41) is 13.5. The van der Waals surface area contributed by atoms with Gasteiger partial charge in [-0.05, 0) is 0 Å².